The highest BCUT2D eigenvalue weighted by Crippen LogP contribution is 2.24. The van der Waals surface area contributed by atoms with E-state index in [0.29, 0.717) is 5.92 Å². The molecule has 0 heterocycles. The summed E-state index contributed by atoms with van der Waals surface area (Å²) in [6.07, 6.45) is 16.5. The minimum Gasteiger partial charge on any atom is -0.393 e. The van der Waals surface area contributed by atoms with Gasteiger partial charge in [0, 0.05) is 0 Å². The Balaban J connectivity index is 2.09. The molecule has 0 radical (unpaired) electrons. The number of rotatable bonds is 6. The second-order valence-electron chi connectivity index (χ2n) is 4.42. The van der Waals surface area contributed by atoms with E-state index in [0.717, 1.165) is 38.5 Å². The Morgan fingerprint density at radius 1 is 1.40 bits per heavy atom. The minimum absolute atomic E-state index is 0.0787. The number of allylic oxidation sites excluding steroid dienone is 4. The molecule has 1 N–H and O–H groups in total. The Kier molecular flexibility index (Phi) is 6.42. The van der Waals surface area contributed by atoms with Gasteiger partial charge in [-0.3, -0.25) is 0 Å². The van der Waals surface area contributed by atoms with E-state index >= 15 is 0 Å². The Morgan fingerprint density at radius 3 is 2.93 bits per heavy atom. The van der Waals surface area contributed by atoms with Crippen molar-refractivity contribution in [1.82, 2.24) is 0 Å². The van der Waals surface area contributed by atoms with Crippen LogP contribution < -0.4 is 0 Å². The van der Waals surface area contributed by atoms with E-state index in [9.17, 15) is 5.11 Å². The molecule has 0 aromatic heterocycles. The first-order chi connectivity index (χ1) is 7.34. The van der Waals surface area contributed by atoms with E-state index in [2.05, 4.69) is 31.2 Å². The van der Waals surface area contributed by atoms with Crippen LogP contribution in [0.2, 0.25) is 0 Å². The van der Waals surface area contributed by atoms with Crippen molar-refractivity contribution < 1.29 is 5.11 Å². The summed E-state index contributed by atoms with van der Waals surface area (Å²) in [6, 6.07) is 0. The molecule has 1 heteroatoms. The summed E-state index contributed by atoms with van der Waals surface area (Å²) in [7, 11) is 0. The van der Waals surface area contributed by atoms with E-state index in [1.165, 1.54) is 6.42 Å². The first-order valence-corrected chi connectivity index (χ1v) is 6.32. The molecular formula is C14H24O. The van der Waals surface area contributed by atoms with Crippen LogP contribution in [0.5, 0.6) is 0 Å². The average molecular weight is 208 g/mol. The fraction of sp³-hybridized carbons (Fsp3) is 0.714. The van der Waals surface area contributed by atoms with Crippen molar-refractivity contribution in [2.75, 3.05) is 0 Å². The summed E-state index contributed by atoms with van der Waals surface area (Å²) in [5.74, 6) is 0.519. The molecule has 0 aliphatic heterocycles. The van der Waals surface area contributed by atoms with Crippen molar-refractivity contribution in [3.8, 4) is 0 Å². The zero-order valence-corrected chi connectivity index (χ0v) is 9.86. The maximum atomic E-state index is 9.97. The number of unbranched alkanes of at least 4 members (excludes halogenated alkanes) is 1. The van der Waals surface area contributed by atoms with E-state index in [1.54, 1.807) is 0 Å². The van der Waals surface area contributed by atoms with Gasteiger partial charge in [0.05, 0.1) is 6.10 Å². The lowest BCUT2D eigenvalue weighted by Crippen LogP contribution is -2.21. The van der Waals surface area contributed by atoms with Gasteiger partial charge in [-0.2, -0.15) is 0 Å². The molecule has 0 amide bonds. The first kappa shape index (κ1) is 12.5. The lowest BCUT2D eigenvalue weighted by atomic mass is 9.87. The molecule has 1 unspecified atom stereocenters. The van der Waals surface area contributed by atoms with Crippen molar-refractivity contribution in [1.29, 1.82) is 0 Å². The quantitative estimate of drug-likeness (QED) is 0.519. The maximum absolute atomic E-state index is 9.97. The predicted molar refractivity (Wildman–Crippen MR) is 65.8 cm³/mol. The van der Waals surface area contributed by atoms with Crippen LogP contribution in [-0.2, 0) is 0 Å². The molecule has 15 heavy (non-hydrogen) atoms. The summed E-state index contributed by atoms with van der Waals surface area (Å²) < 4.78 is 0. The van der Waals surface area contributed by atoms with Gasteiger partial charge in [0.25, 0.3) is 0 Å². The van der Waals surface area contributed by atoms with Gasteiger partial charge in [0.1, 0.15) is 0 Å². The van der Waals surface area contributed by atoms with Gasteiger partial charge in [-0.05, 0) is 50.9 Å². The maximum Gasteiger partial charge on any atom is 0.0571 e. The Morgan fingerprint density at radius 2 is 2.27 bits per heavy atom. The largest absolute Gasteiger partial charge is 0.393 e. The molecule has 0 aromatic rings. The molecule has 0 bridgehead atoms. The number of aliphatic hydroxyl groups excluding tert-OH is 1. The van der Waals surface area contributed by atoms with Gasteiger partial charge < -0.3 is 5.11 Å². The molecule has 1 rings (SSSR count). The monoisotopic (exact) mass is 208 g/mol. The van der Waals surface area contributed by atoms with E-state index in [1.807, 2.05) is 0 Å². The zero-order chi connectivity index (χ0) is 10.9. The van der Waals surface area contributed by atoms with Crippen LogP contribution in [0.4, 0.5) is 0 Å². The molecule has 0 saturated carbocycles. The van der Waals surface area contributed by atoms with Crippen LogP contribution in [0.1, 0.15) is 51.9 Å². The standard InChI is InChI=1S/C14H24O/c1-2-3-4-5-9-12-14(15)13-10-7-6-8-11-13/h3-4,6-7,13-15H,2,5,8-12H2,1H3/b4-3-/t13?,14-/m0/s1. The van der Waals surface area contributed by atoms with Gasteiger partial charge >= 0.3 is 0 Å². The second kappa shape index (κ2) is 7.70. The lowest BCUT2D eigenvalue weighted by molar-refractivity contribution is 0.0917. The van der Waals surface area contributed by atoms with Crippen molar-refractivity contribution in [3.05, 3.63) is 24.3 Å². The molecule has 86 valence electrons. The van der Waals surface area contributed by atoms with Gasteiger partial charge in [0.2, 0.25) is 0 Å². The minimum atomic E-state index is -0.0787. The third-order valence-corrected chi connectivity index (χ3v) is 3.13. The Bertz CT molecular complexity index is 205. The normalized spacial score (nSPS) is 23.5. The highest BCUT2D eigenvalue weighted by atomic mass is 16.3. The van der Waals surface area contributed by atoms with Crippen molar-refractivity contribution >= 4 is 0 Å². The van der Waals surface area contributed by atoms with Crippen LogP contribution in [-0.4, -0.2) is 11.2 Å². The van der Waals surface area contributed by atoms with Crippen LogP contribution in [0.15, 0.2) is 24.3 Å². The molecule has 1 nitrogen and oxygen atoms in total. The van der Waals surface area contributed by atoms with Crippen LogP contribution in [0.3, 0.4) is 0 Å². The summed E-state index contributed by atoms with van der Waals surface area (Å²) in [6.45, 7) is 2.15. The van der Waals surface area contributed by atoms with Crippen LogP contribution >= 0.6 is 0 Å². The number of hydrogen-bond acceptors (Lipinski definition) is 1. The van der Waals surface area contributed by atoms with Gasteiger partial charge in [-0.15, -0.1) is 0 Å². The van der Waals surface area contributed by atoms with Crippen molar-refractivity contribution in [3.63, 3.8) is 0 Å². The molecule has 0 aromatic carbocycles. The molecule has 1 aliphatic carbocycles. The van der Waals surface area contributed by atoms with E-state index < -0.39 is 0 Å². The second-order valence-corrected chi connectivity index (χ2v) is 4.42. The fourth-order valence-electron chi connectivity index (χ4n) is 2.13. The number of aliphatic hydroxyl groups is 1. The lowest BCUT2D eigenvalue weighted by Gasteiger charge is -2.23. The van der Waals surface area contributed by atoms with E-state index in [4.69, 9.17) is 0 Å². The van der Waals surface area contributed by atoms with Crippen molar-refractivity contribution in [2.24, 2.45) is 5.92 Å². The Labute approximate surface area is 93.9 Å². The fourth-order valence-corrected chi connectivity index (χ4v) is 2.13. The first-order valence-electron chi connectivity index (χ1n) is 6.32. The molecule has 0 spiro atoms. The van der Waals surface area contributed by atoms with Crippen LogP contribution in [0.25, 0.3) is 0 Å². The third-order valence-electron chi connectivity index (χ3n) is 3.13. The van der Waals surface area contributed by atoms with Crippen molar-refractivity contribution in [2.45, 2.75) is 58.0 Å². The predicted octanol–water partition coefficient (Wildman–Crippen LogP) is 3.84. The molecule has 0 fully saturated rings. The van der Waals surface area contributed by atoms with Gasteiger partial charge in [0.15, 0.2) is 0 Å². The SMILES string of the molecule is CC/C=C\CCC[C@H](O)C1CC=CCC1. The highest BCUT2D eigenvalue weighted by Gasteiger charge is 2.18. The topological polar surface area (TPSA) is 20.2 Å². The molecule has 0 saturated heterocycles. The zero-order valence-electron chi connectivity index (χ0n) is 9.86. The Hall–Kier alpha value is -0.560. The third kappa shape index (κ3) is 5.17. The van der Waals surface area contributed by atoms with Crippen LogP contribution in [0, 0.1) is 5.92 Å². The molecular weight excluding hydrogens is 184 g/mol. The van der Waals surface area contributed by atoms with Gasteiger partial charge in [-0.25, -0.2) is 0 Å². The molecule has 2 atom stereocenters. The molecule has 1 aliphatic rings. The highest BCUT2D eigenvalue weighted by molar-refractivity contribution is 4.92. The average Bonchev–Trinajstić information content (AvgIpc) is 2.30. The smallest absolute Gasteiger partial charge is 0.0571 e. The summed E-state index contributed by atoms with van der Waals surface area (Å²) in [5.41, 5.74) is 0. The van der Waals surface area contributed by atoms with Gasteiger partial charge in [-0.1, -0.05) is 31.2 Å². The summed E-state index contributed by atoms with van der Waals surface area (Å²) in [4.78, 5) is 0. The summed E-state index contributed by atoms with van der Waals surface area (Å²) in [5, 5.41) is 9.97. The summed E-state index contributed by atoms with van der Waals surface area (Å²) >= 11 is 0. The number of hydrogen-bond donors (Lipinski definition) is 1. The van der Waals surface area contributed by atoms with E-state index in [-0.39, 0.29) is 6.10 Å².